The quantitative estimate of drug-likeness (QED) is 0.595. The average molecular weight is 391 g/mol. The molecule has 2 heteroatoms. The fraction of sp³-hybridized carbons (Fsp3) is 1.00. The normalized spacial score (nSPS) is 46.9. The molecule has 164 valence electrons. The molecule has 3 fully saturated rings. The molecular weight excluding hydrogens is 340 g/mol. The van der Waals surface area contributed by atoms with Crippen LogP contribution in [0.15, 0.2) is 0 Å². The van der Waals surface area contributed by atoms with E-state index >= 15 is 0 Å². The number of hydrogen-bond acceptors (Lipinski definition) is 2. The lowest BCUT2D eigenvalue weighted by atomic mass is 9.53. The first kappa shape index (κ1) is 22.6. The van der Waals surface area contributed by atoms with Crippen molar-refractivity contribution in [3.05, 3.63) is 0 Å². The second-order valence-corrected chi connectivity index (χ2v) is 13.6. The summed E-state index contributed by atoms with van der Waals surface area (Å²) in [6.45, 7) is 24.7. The van der Waals surface area contributed by atoms with Gasteiger partial charge in [0.15, 0.2) is 0 Å². The predicted octanol–water partition coefficient (Wildman–Crippen LogP) is 6.25. The van der Waals surface area contributed by atoms with Gasteiger partial charge in [0.05, 0.1) is 0 Å². The second kappa shape index (κ2) is 7.56. The van der Waals surface area contributed by atoms with Crippen molar-refractivity contribution in [1.82, 2.24) is 10.6 Å². The van der Waals surface area contributed by atoms with Gasteiger partial charge in [-0.2, -0.15) is 0 Å². The Morgan fingerprint density at radius 2 is 1.36 bits per heavy atom. The molecule has 2 nitrogen and oxygen atoms in total. The number of rotatable bonds is 3. The zero-order valence-corrected chi connectivity index (χ0v) is 20.7. The summed E-state index contributed by atoms with van der Waals surface area (Å²) in [6.07, 6.45) is 6.66. The van der Waals surface area contributed by atoms with Gasteiger partial charge in [-0.15, -0.1) is 0 Å². The fourth-order valence-corrected chi connectivity index (χ4v) is 7.23. The van der Waals surface area contributed by atoms with Crippen LogP contribution >= 0.6 is 0 Å². The molecule has 28 heavy (non-hydrogen) atoms. The molecule has 3 rings (SSSR count). The van der Waals surface area contributed by atoms with E-state index in [2.05, 4.69) is 79.9 Å². The maximum absolute atomic E-state index is 4.31. The predicted molar refractivity (Wildman–Crippen MR) is 123 cm³/mol. The monoisotopic (exact) mass is 390 g/mol. The van der Waals surface area contributed by atoms with Gasteiger partial charge in [-0.05, 0) is 72.0 Å². The van der Waals surface area contributed by atoms with Crippen LogP contribution < -0.4 is 10.6 Å². The highest BCUT2D eigenvalue weighted by Crippen LogP contribution is 2.57. The zero-order chi connectivity index (χ0) is 21.1. The highest BCUT2D eigenvalue weighted by Gasteiger charge is 2.61. The van der Waals surface area contributed by atoms with E-state index in [1.807, 2.05) is 0 Å². The first-order valence-electron chi connectivity index (χ1n) is 12.3. The molecule has 3 aliphatic heterocycles. The Morgan fingerprint density at radius 3 is 1.86 bits per heavy atom. The van der Waals surface area contributed by atoms with E-state index < -0.39 is 0 Å². The van der Waals surface area contributed by atoms with Crippen LogP contribution in [0.25, 0.3) is 0 Å². The number of fused-ring (bicyclic) bond motifs is 5. The third kappa shape index (κ3) is 4.20. The Bertz CT molecular complexity index is 542. The Labute approximate surface area is 176 Å². The summed E-state index contributed by atoms with van der Waals surface area (Å²) < 4.78 is 0. The van der Waals surface area contributed by atoms with Crippen molar-refractivity contribution < 1.29 is 0 Å². The molecule has 2 bridgehead atoms. The largest absolute Gasteiger partial charge is 0.310 e. The molecule has 0 spiro atoms. The molecule has 3 saturated heterocycles. The maximum Gasteiger partial charge on any atom is 0.0142 e. The van der Waals surface area contributed by atoms with E-state index in [1.165, 1.54) is 32.1 Å². The van der Waals surface area contributed by atoms with Crippen molar-refractivity contribution in [3.8, 4) is 0 Å². The number of hydrogen-bond donors (Lipinski definition) is 2. The topological polar surface area (TPSA) is 24.1 Å². The summed E-state index contributed by atoms with van der Waals surface area (Å²) in [6, 6.07) is 2.67. The van der Waals surface area contributed by atoms with Crippen molar-refractivity contribution in [3.63, 3.8) is 0 Å². The number of piperidine rings is 1. The van der Waals surface area contributed by atoms with Gasteiger partial charge in [-0.1, -0.05) is 69.2 Å². The molecule has 0 aliphatic carbocycles. The molecular formula is C26H50N2. The molecule has 0 amide bonds. The Hall–Kier alpha value is -0.0800. The SMILES string of the molecule is CCC1(C)C(CC(C)(C)C)NC(CC(C)(C)C)C2C3NC(C(C)CCC3C)C21. The zero-order valence-electron chi connectivity index (χ0n) is 20.7. The van der Waals surface area contributed by atoms with Crippen LogP contribution in [0.4, 0.5) is 0 Å². The molecule has 9 unspecified atom stereocenters. The van der Waals surface area contributed by atoms with Gasteiger partial charge in [0.2, 0.25) is 0 Å². The minimum atomic E-state index is 0.365. The van der Waals surface area contributed by atoms with Crippen LogP contribution in [-0.2, 0) is 0 Å². The van der Waals surface area contributed by atoms with Gasteiger partial charge in [0.25, 0.3) is 0 Å². The molecule has 0 aromatic heterocycles. The number of nitrogens with one attached hydrogen (secondary N) is 2. The molecule has 0 aromatic rings. The van der Waals surface area contributed by atoms with Crippen molar-refractivity contribution in [2.24, 2.45) is 39.9 Å². The van der Waals surface area contributed by atoms with Crippen molar-refractivity contribution in [2.75, 3.05) is 0 Å². The van der Waals surface area contributed by atoms with Gasteiger partial charge >= 0.3 is 0 Å². The first-order chi connectivity index (χ1) is 12.8. The van der Waals surface area contributed by atoms with Gasteiger partial charge in [0, 0.05) is 24.2 Å². The summed E-state index contributed by atoms with van der Waals surface area (Å²) >= 11 is 0. The summed E-state index contributed by atoms with van der Waals surface area (Å²) in [5.74, 6) is 3.19. The highest BCUT2D eigenvalue weighted by molar-refractivity contribution is 5.16. The smallest absolute Gasteiger partial charge is 0.0142 e. The standard InChI is InChI=1S/C26H50N2/c1-11-26(10)19(15-25(7,8)9)27-18(14-24(4,5)6)20-21(26)23-17(3)13-12-16(2)22(20)28-23/h16-23,27-28H,11-15H2,1-10H3. The molecule has 3 heterocycles. The second-order valence-electron chi connectivity index (χ2n) is 13.6. The molecule has 0 aromatic carbocycles. The van der Waals surface area contributed by atoms with Crippen LogP contribution in [0.1, 0.15) is 101 Å². The molecule has 2 N–H and O–H groups in total. The van der Waals surface area contributed by atoms with Gasteiger partial charge < -0.3 is 10.6 Å². The van der Waals surface area contributed by atoms with Crippen LogP contribution in [0.3, 0.4) is 0 Å². The fourth-order valence-electron chi connectivity index (χ4n) is 7.23. The molecule has 0 radical (unpaired) electrons. The van der Waals surface area contributed by atoms with Crippen molar-refractivity contribution in [1.29, 1.82) is 0 Å². The summed E-state index contributed by atoms with van der Waals surface area (Å²) in [5, 5.41) is 8.55. The van der Waals surface area contributed by atoms with E-state index in [0.29, 0.717) is 40.4 Å². The summed E-state index contributed by atoms with van der Waals surface area (Å²) in [5.41, 5.74) is 1.12. The lowest BCUT2D eigenvalue weighted by Gasteiger charge is -2.57. The van der Waals surface area contributed by atoms with Gasteiger partial charge in [-0.3, -0.25) is 0 Å². The van der Waals surface area contributed by atoms with E-state index in [1.54, 1.807) is 0 Å². The Balaban J connectivity index is 2.05. The molecule has 3 aliphatic rings. The minimum absolute atomic E-state index is 0.365. The molecule has 9 atom stereocenters. The Morgan fingerprint density at radius 1 is 0.821 bits per heavy atom. The van der Waals surface area contributed by atoms with E-state index in [4.69, 9.17) is 0 Å². The van der Waals surface area contributed by atoms with Crippen molar-refractivity contribution >= 4 is 0 Å². The van der Waals surface area contributed by atoms with Crippen molar-refractivity contribution in [2.45, 2.75) is 126 Å². The van der Waals surface area contributed by atoms with Crippen LogP contribution in [0, 0.1) is 39.9 Å². The maximum atomic E-state index is 4.31. The molecule has 0 saturated carbocycles. The van der Waals surface area contributed by atoms with E-state index in [9.17, 15) is 0 Å². The first-order valence-corrected chi connectivity index (χ1v) is 12.3. The summed E-state index contributed by atoms with van der Waals surface area (Å²) in [7, 11) is 0. The highest BCUT2D eigenvalue weighted by atomic mass is 15.1. The Kier molecular flexibility index (Phi) is 6.10. The van der Waals surface area contributed by atoms with Crippen LogP contribution in [-0.4, -0.2) is 24.2 Å². The van der Waals surface area contributed by atoms with Crippen LogP contribution in [0.2, 0.25) is 0 Å². The third-order valence-corrected chi connectivity index (χ3v) is 8.75. The van der Waals surface area contributed by atoms with Gasteiger partial charge in [-0.25, -0.2) is 0 Å². The van der Waals surface area contributed by atoms with E-state index in [-0.39, 0.29) is 0 Å². The lowest BCUT2D eigenvalue weighted by Crippen LogP contribution is -2.65. The van der Waals surface area contributed by atoms with E-state index in [0.717, 1.165) is 23.7 Å². The third-order valence-electron chi connectivity index (χ3n) is 8.75. The average Bonchev–Trinajstić information content (AvgIpc) is 2.89. The summed E-state index contributed by atoms with van der Waals surface area (Å²) in [4.78, 5) is 0. The van der Waals surface area contributed by atoms with Crippen LogP contribution in [0.5, 0.6) is 0 Å². The minimum Gasteiger partial charge on any atom is -0.310 e. The van der Waals surface area contributed by atoms with Gasteiger partial charge in [0.1, 0.15) is 0 Å². The lowest BCUT2D eigenvalue weighted by molar-refractivity contribution is -0.0378.